The lowest BCUT2D eigenvalue weighted by atomic mass is 10.1. The van der Waals surface area contributed by atoms with Crippen molar-refractivity contribution in [3.63, 3.8) is 0 Å². The van der Waals surface area contributed by atoms with Gasteiger partial charge in [0.25, 0.3) is 5.91 Å². The Labute approximate surface area is 205 Å². The number of amides is 1. The highest BCUT2D eigenvalue weighted by atomic mass is 32.1. The first-order valence-corrected chi connectivity index (χ1v) is 11.8. The third kappa shape index (κ3) is 5.31. The Morgan fingerprint density at radius 1 is 1.17 bits per heavy atom. The van der Waals surface area contributed by atoms with Crippen molar-refractivity contribution in [1.82, 2.24) is 4.57 Å². The third-order valence-electron chi connectivity index (χ3n) is 5.24. The third-order valence-corrected chi connectivity index (χ3v) is 6.07. The number of ether oxygens (including phenoxy) is 1. The molecule has 6 nitrogen and oxygen atoms in total. The molecule has 176 valence electrons. The van der Waals surface area contributed by atoms with Crippen molar-refractivity contribution < 1.29 is 18.7 Å². The molecule has 8 heteroatoms. The van der Waals surface area contributed by atoms with Crippen LogP contribution in [0.15, 0.2) is 71.7 Å². The van der Waals surface area contributed by atoms with Crippen molar-refractivity contribution in [2.75, 3.05) is 5.32 Å². The van der Waals surface area contributed by atoms with E-state index in [2.05, 4.69) is 5.32 Å². The van der Waals surface area contributed by atoms with E-state index in [0.29, 0.717) is 22.7 Å². The molecular weight excluding hydrogens is 465 g/mol. The van der Waals surface area contributed by atoms with Crippen LogP contribution in [-0.4, -0.2) is 22.5 Å². The number of fused-ring (bicyclic) bond motifs is 1. The molecule has 0 spiro atoms. The van der Waals surface area contributed by atoms with Gasteiger partial charge in [-0.1, -0.05) is 36.4 Å². The molecule has 0 bridgehead atoms. The van der Waals surface area contributed by atoms with Gasteiger partial charge >= 0.3 is 5.97 Å². The molecule has 1 amide bonds. The largest absolute Gasteiger partial charge is 0.459 e. The molecule has 35 heavy (non-hydrogen) atoms. The van der Waals surface area contributed by atoms with Gasteiger partial charge in [0.05, 0.1) is 18.2 Å². The molecule has 0 radical (unpaired) electrons. The Hall–Kier alpha value is -4.22. The van der Waals surface area contributed by atoms with Gasteiger partial charge in [0.1, 0.15) is 22.5 Å². The van der Waals surface area contributed by atoms with Crippen molar-refractivity contribution in [3.05, 3.63) is 94.3 Å². The maximum atomic E-state index is 14.2. The van der Waals surface area contributed by atoms with Gasteiger partial charge < -0.3 is 14.6 Å². The maximum absolute atomic E-state index is 14.2. The van der Waals surface area contributed by atoms with Crippen molar-refractivity contribution in [3.8, 4) is 6.07 Å². The molecule has 1 N–H and O–H groups in total. The van der Waals surface area contributed by atoms with E-state index in [4.69, 9.17) is 4.74 Å². The zero-order chi connectivity index (χ0) is 24.9. The van der Waals surface area contributed by atoms with E-state index in [0.717, 1.165) is 10.9 Å². The summed E-state index contributed by atoms with van der Waals surface area (Å²) in [5, 5.41) is 15.2. The Morgan fingerprint density at radius 3 is 2.66 bits per heavy atom. The Morgan fingerprint density at radius 2 is 1.91 bits per heavy atom. The van der Waals surface area contributed by atoms with Crippen LogP contribution in [0, 0.1) is 17.1 Å². The van der Waals surface area contributed by atoms with Crippen LogP contribution in [-0.2, 0) is 16.1 Å². The average Bonchev–Trinajstić information content (AvgIpc) is 3.43. The van der Waals surface area contributed by atoms with Crippen LogP contribution < -0.4 is 5.32 Å². The van der Waals surface area contributed by atoms with E-state index in [1.807, 2.05) is 34.9 Å². The molecule has 4 rings (SSSR count). The fraction of sp³-hybridized carbons (Fsp3) is 0.148. The first kappa shape index (κ1) is 23.9. The molecule has 0 saturated heterocycles. The number of nitriles is 1. The second-order valence-corrected chi connectivity index (χ2v) is 8.98. The molecule has 2 aromatic heterocycles. The Bertz CT molecular complexity index is 1480. The standard InChI is InChI=1S/C27H22FN3O3S/c1-17(2)34-27(33)22-11-12-35-26(22)30-25(32)19(14-29)13-20-16-31(24-10-6-4-8-21(20)24)15-18-7-3-5-9-23(18)28/h3-13,16-17H,15H2,1-2H3,(H,30,32). The van der Waals surface area contributed by atoms with Crippen LogP contribution in [0.3, 0.4) is 0 Å². The van der Waals surface area contributed by atoms with Gasteiger partial charge in [-0.3, -0.25) is 4.79 Å². The number of rotatable bonds is 7. The van der Waals surface area contributed by atoms with Gasteiger partial charge in [-0.15, -0.1) is 11.3 Å². The smallest absolute Gasteiger partial charge is 0.341 e. The fourth-order valence-electron chi connectivity index (χ4n) is 3.65. The lowest BCUT2D eigenvalue weighted by molar-refractivity contribution is -0.112. The monoisotopic (exact) mass is 487 g/mol. The maximum Gasteiger partial charge on any atom is 0.341 e. The predicted molar refractivity (Wildman–Crippen MR) is 135 cm³/mol. The molecule has 4 aromatic rings. The number of nitrogens with one attached hydrogen (secondary N) is 1. The molecule has 0 aliphatic rings. The number of anilines is 1. The van der Waals surface area contributed by atoms with Crippen molar-refractivity contribution in [2.24, 2.45) is 0 Å². The van der Waals surface area contributed by atoms with Gasteiger partial charge in [0, 0.05) is 28.2 Å². The molecule has 0 unspecified atom stereocenters. The minimum Gasteiger partial charge on any atom is -0.459 e. The molecule has 0 aliphatic carbocycles. The summed E-state index contributed by atoms with van der Waals surface area (Å²) >= 11 is 1.17. The molecule has 0 aliphatic heterocycles. The number of aromatic nitrogens is 1. The number of para-hydroxylation sites is 1. The van der Waals surface area contributed by atoms with Crippen LogP contribution >= 0.6 is 11.3 Å². The topological polar surface area (TPSA) is 84.1 Å². The van der Waals surface area contributed by atoms with Gasteiger partial charge in [0.2, 0.25) is 0 Å². The number of esters is 1. The highest BCUT2D eigenvalue weighted by Crippen LogP contribution is 2.27. The van der Waals surface area contributed by atoms with Crippen LogP contribution in [0.5, 0.6) is 0 Å². The summed E-state index contributed by atoms with van der Waals surface area (Å²) in [6, 6.07) is 17.6. The molecule has 0 saturated carbocycles. The zero-order valence-corrected chi connectivity index (χ0v) is 19.9. The molecule has 2 aromatic carbocycles. The minimum atomic E-state index is -0.639. The van der Waals surface area contributed by atoms with Crippen LogP contribution in [0.2, 0.25) is 0 Å². The molecule has 0 fully saturated rings. The summed E-state index contributed by atoms with van der Waals surface area (Å²) in [5.74, 6) is -1.49. The molecule has 0 atom stereocenters. The summed E-state index contributed by atoms with van der Waals surface area (Å²) in [6.45, 7) is 3.77. The minimum absolute atomic E-state index is 0.129. The van der Waals surface area contributed by atoms with Crippen molar-refractivity contribution in [2.45, 2.75) is 26.5 Å². The SMILES string of the molecule is CC(C)OC(=O)c1ccsc1NC(=O)C(C#N)=Cc1cn(Cc2ccccc2F)c2ccccc12. The van der Waals surface area contributed by atoms with Crippen LogP contribution in [0.1, 0.15) is 35.3 Å². The quantitative estimate of drug-likeness (QED) is 0.197. The average molecular weight is 488 g/mol. The van der Waals surface area contributed by atoms with Crippen molar-refractivity contribution >= 4 is 45.2 Å². The predicted octanol–water partition coefficient (Wildman–Crippen LogP) is 6.00. The highest BCUT2D eigenvalue weighted by Gasteiger charge is 2.20. The Kier molecular flexibility index (Phi) is 7.09. The second-order valence-electron chi connectivity index (χ2n) is 8.06. The summed E-state index contributed by atoms with van der Waals surface area (Å²) in [6.07, 6.45) is 2.98. The number of nitrogens with zero attached hydrogens (tertiary/aromatic N) is 2. The zero-order valence-electron chi connectivity index (χ0n) is 19.1. The summed E-state index contributed by atoms with van der Waals surface area (Å²) in [7, 11) is 0. The van der Waals surface area contributed by atoms with Gasteiger partial charge in [-0.2, -0.15) is 5.26 Å². The van der Waals surface area contributed by atoms with Gasteiger partial charge in [-0.05, 0) is 43.5 Å². The van der Waals surface area contributed by atoms with E-state index >= 15 is 0 Å². The lowest BCUT2D eigenvalue weighted by Gasteiger charge is -2.09. The van der Waals surface area contributed by atoms with Crippen LogP contribution in [0.4, 0.5) is 9.39 Å². The fourth-order valence-corrected chi connectivity index (χ4v) is 4.42. The van der Waals surface area contributed by atoms with E-state index in [-0.39, 0.29) is 23.1 Å². The summed E-state index contributed by atoms with van der Waals surface area (Å²) in [5.41, 5.74) is 2.12. The summed E-state index contributed by atoms with van der Waals surface area (Å²) in [4.78, 5) is 25.2. The van der Waals surface area contributed by atoms with Crippen LogP contribution in [0.25, 0.3) is 17.0 Å². The normalized spacial score (nSPS) is 11.5. The number of thiophene rings is 1. The second kappa shape index (κ2) is 10.4. The van der Waals surface area contributed by atoms with Crippen molar-refractivity contribution in [1.29, 1.82) is 5.26 Å². The summed E-state index contributed by atoms with van der Waals surface area (Å²) < 4.78 is 21.3. The number of hydrogen-bond donors (Lipinski definition) is 1. The number of carbonyl (C=O) groups excluding carboxylic acids is 2. The number of halogens is 1. The Balaban J connectivity index is 1.64. The number of hydrogen-bond acceptors (Lipinski definition) is 5. The number of benzene rings is 2. The first-order valence-electron chi connectivity index (χ1n) is 10.9. The van der Waals surface area contributed by atoms with E-state index in [9.17, 15) is 19.2 Å². The molecular formula is C27H22FN3O3S. The first-order chi connectivity index (χ1) is 16.9. The molecule has 2 heterocycles. The van der Waals surface area contributed by atoms with E-state index < -0.39 is 11.9 Å². The van der Waals surface area contributed by atoms with Gasteiger partial charge in [0.15, 0.2) is 0 Å². The van der Waals surface area contributed by atoms with E-state index in [1.54, 1.807) is 49.7 Å². The lowest BCUT2D eigenvalue weighted by Crippen LogP contribution is -2.17. The highest BCUT2D eigenvalue weighted by molar-refractivity contribution is 7.14. The van der Waals surface area contributed by atoms with E-state index in [1.165, 1.54) is 23.5 Å². The number of carbonyl (C=O) groups is 2. The van der Waals surface area contributed by atoms with Gasteiger partial charge in [-0.25, -0.2) is 9.18 Å².